The number of imidazole rings is 1. The molecule has 9 nitrogen and oxygen atoms in total. The first-order chi connectivity index (χ1) is 18.0. The molecule has 0 saturated carbocycles. The first-order valence-corrected chi connectivity index (χ1v) is 12.6. The minimum absolute atomic E-state index is 0.209. The molecule has 2 aromatic heterocycles. The lowest BCUT2D eigenvalue weighted by Crippen LogP contribution is -2.29. The molecular weight excluding hydrogens is 468 g/mol. The largest absolute Gasteiger partial charge is 0.465 e. The Morgan fingerprint density at radius 2 is 1.70 bits per heavy atom. The van der Waals surface area contributed by atoms with Crippen LogP contribution in [0.2, 0.25) is 0 Å². The van der Waals surface area contributed by atoms with Gasteiger partial charge in [0.1, 0.15) is 11.3 Å². The van der Waals surface area contributed by atoms with Crippen molar-refractivity contribution < 1.29 is 14.7 Å². The van der Waals surface area contributed by atoms with E-state index in [1.807, 2.05) is 65.2 Å². The third-order valence-electron chi connectivity index (χ3n) is 6.02. The number of urea groups is 1. The van der Waals surface area contributed by atoms with E-state index in [-0.39, 0.29) is 6.03 Å². The summed E-state index contributed by atoms with van der Waals surface area (Å²) in [6, 6.07) is 19.1. The number of amides is 3. The Hall–Kier alpha value is -4.40. The molecule has 4 N–H and O–H groups in total. The molecule has 9 heteroatoms. The topological polar surface area (TPSA) is 121 Å². The summed E-state index contributed by atoms with van der Waals surface area (Å²) >= 11 is 0. The van der Waals surface area contributed by atoms with Gasteiger partial charge in [0.05, 0.1) is 0 Å². The molecule has 0 unspecified atom stereocenters. The summed E-state index contributed by atoms with van der Waals surface area (Å²) in [5.74, 6) is 0.737. The van der Waals surface area contributed by atoms with Gasteiger partial charge in [0.25, 0.3) is 0 Å². The number of nitrogens with zero attached hydrogens (tertiary/aromatic N) is 3. The van der Waals surface area contributed by atoms with Crippen LogP contribution in [0.4, 0.5) is 15.3 Å². The fraction of sp³-hybridized carbons (Fsp3) is 0.286. The third kappa shape index (κ3) is 6.84. The molecule has 3 amide bonds. The maximum absolute atomic E-state index is 12.2. The van der Waals surface area contributed by atoms with Crippen molar-refractivity contribution in [1.29, 1.82) is 0 Å². The summed E-state index contributed by atoms with van der Waals surface area (Å²) in [5, 5.41) is 16.9. The second-order valence-corrected chi connectivity index (χ2v) is 8.78. The van der Waals surface area contributed by atoms with E-state index in [1.165, 1.54) is 12.8 Å². The molecule has 4 aromatic rings. The van der Waals surface area contributed by atoms with E-state index in [4.69, 9.17) is 10.1 Å². The number of carbonyl (C=O) groups excluding carboxylic acids is 1. The van der Waals surface area contributed by atoms with Crippen LogP contribution in [0.25, 0.3) is 28.2 Å². The molecule has 2 aromatic carbocycles. The number of pyridine rings is 1. The van der Waals surface area contributed by atoms with Crippen molar-refractivity contribution in [3.05, 3.63) is 72.4 Å². The van der Waals surface area contributed by atoms with E-state index in [0.29, 0.717) is 25.2 Å². The first kappa shape index (κ1) is 25.7. The number of anilines is 1. The molecule has 0 saturated heterocycles. The number of aromatic nitrogens is 3. The van der Waals surface area contributed by atoms with Crippen LogP contribution < -0.4 is 16.0 Å². The van der Waals surface area contributed by atoms with Crippen LogP contribution in [-0.4, -0.2) is 44.9 Å². The average molecular weight is 501 g/mol. The molecule has 0 spiro atoms. The van der Waals surface area contributed by atoms with Crippen LogP contribution in [-0.2, 0) is 6.42 Å². The molecule has 192 valence electrons. The van der Waals surface area contributed by atoms with Crippen LogP contribution in [0.3, 0.4) is 0 Å². The van der Waals surface area contributed by atoms with Crippen LogP contribution in [0.5, 0.6) is 0 Å². The standard InChI is InChI=1S/C28H32N6O3/c1-2-3-4-5-17-30-27(35)32-22-12-10-21(11-13-22)25-33-24-7-6-18-29-26(24)34(25)23-14-8-20(9-15-23)16-19-31-28(36)37/h6-15,18,31H,2-5,16-17,19H2,1H3,(H,36,37)(H2,30,32,35). The number of nitrogens with one attached hydrogen (secondary N) is 3. The van der Waals surface area contributed by atoms with Gasteiger partial charge in [-0.15, -0.1) is 0 Å². The second-order valence-electron chi connectivity index (χ2n) is 8.78. The highest BCUT2D eigenvalue weighted by molar-refractivity contribution is 5.89. The normalized spacial score (nSPS) is 10.8. The van der Waals surface area contributed by atoms with Crippen LogP contribution >= 0.6 is 0 Å². The van der Waals surface area contributed by atoms with Crippen molar-refractivity contribution in [1.82, 2.24) is 25.2 Å². The molecule has 0 aliphatic heterocycles. The zero-order valence-electron chi connectivity index (χ0n) is 20.9. The van der Waals surface area contributed by atoms with Gasteiger partial charge < -0.3 is 21.1 Å². The third-order valence-corrected chi connectivity index (χ3v) is 6.02. The van der Waals surface area contributed by atoms with Crippen molar-refractivity contribution in [3.8, 4) is 17.1 Å². The summed E-state index contributed by atoms with van der Waals surface area (Å²) in [7, 11) is 0. The molecule has 0 aliphatic rings. The number of fused-ring (bicyclic) bond motifs is 1. The average Bonchev–Trinajstić information content (AvgIpc) is 3.29. The fourth-order valence-corrected chi connectivity index (χ4v) is 4.11. The zero-order chi connectivity index (χ0) is 26.0. The van der Waals surface area contributed by atoms with E-state index in [1.54, 1.807) is 6.20 Å². The Bertz CT molecular complexity index is 1330. The highest BCUT2D eigenvalue weighted by atomic mass is 16.4. The van der Waals surface area contributed by atoms with E-state index in [2.05, 4.69) is 27.9 Å². The molecule has 0 atom stereocenters. The van der Waals surface area contributed by atoms with Gasteiger partial charge in [-0.3, -0.25) is 4.57 Å². The Labute approximate surface area is 216 Å². The molecule has 0 bridgehead atoms. The highest BCUT2D eigenvalue weighted by Crippen LogP contribution is 2.28. The summed E-state index contributed by atoms with van der Waals surface area (Å²) in [6.45, 7) is 3.18. The van der Waals surface area contributed by atoms with E-state index in [0.717, 1.165) is 46.6 Å². The Kier molecular flexibility index (Phi) is 8.70. The van der Waals surface area contributed by atoms with Crippen LogP contribution in [0, 0.1) is 0 Å². The smallest absolute Gasteiger partial charge is 0.404 e. The lowest BCUT2D eigenvalue weighted by molar-refractivity contribution is 0.194. The summed E-state index contributed by atoms with van der Waals surface area (Å²) in [6.07, 6.45) is 5.75. The number of hydrogen-bond acceptors (Lipinski definition) is 4. The van der Waals surface area contributed by atoms with Crippen LogP contribution in [0.1, 0.15) is 38.2 Å². The molecular formula is C28H32N6O3. The minimum atomic E-state index is -1.03. The van der Waals surface area contributed by atoms with Gasteiger partial charge >= 0.3 is 12.1 Å². The predicted octanol–water partition coefficient (Wildman–Crippen LogP) is 5.60. The van der Waals surface area contributed by atoms with Crippen molar-refractivity contribution in [3.63, 3.8) is 0 Å². The van der Waals surface area contributed by atoms with Crippen molar-refractivity contribution in [2.75, 3.05) is 18.4 Å². The molecule has 0 radical (unpaired) electrons. The molecule has 37 heavy (non-hydrogen) atoms. The van der Waals surface area contributed by atoms with Gasteiger partial charge in [0.2, 0.25) is 0 Å². The molecule has 2 heterocycles. The van der Waals surface area contributed by atoms with E-state index >= 15 is 0 Å². The number of hydrogen-bond donors (Lipinski definition) is 4. The first-order valence-electron chi connectivity index (χ1n) is 12.6. The van der Waals surface area contributed by atoms with Crippen molar-refractivity contribution in [2.45, 2.75) is 39.0 Å². The fourth-order valence-electron chi connectivity index (χ4n) is 4.11. The van der Waals surface area contributed by atoms with E-state index < -0.39 is 6.09 Å². The van der Waals surface area contributed by atoms with Gasteiger partial charge in [-0.2, -0.15) is 0 Å². The summed E-state index contributed by atoms with van der Waals surface area (Å²) < 4.78 is 2.00. The number of rotatable bonds is 11. The minimum Gasteiger partial charge on any atom is -0.465 e. The quantitative estimate of drug-likeness (QED) is 0.200. The molecule has 4 rings (SSSR count). The van der Waals surface area contributed by atoms with Gasteiger partial charge in [0, 0.05) is 36.2 Å². The highest BCUT2D eigenvalue weighted by Gasteiger charge is 2.15. The maximum Gasteiger partial charge on any atom is 0.404 e. The van der Waals surface area contributed by atoms with Gasteiger partial charge in [-0.1, -0.05) is 38.3 Å². The Morgan fingerprint density at radius 3 is 2.43 bits per heavy atom. The van der Waals surface area contributed by atoms with Gasteiger partial charge in [-0.05, 0) is 66.9 Å². The van der Waals surface area contributed by atoms with Gasteiger partial charge in [0.15, 0.2) is 5.65 Å². The van der Waals surface area contributed by atoms with Crippen molar-refractivity contribution >= 4 is 29.0 Å². The number of carboxylic acid groups (broad SMARTS) is 1. The van der Waals surface area contributed by atoms with Crippen LogP contribution in [0.15, 0.2) is 66.9 Å². The monoisotopic (exact) mass is 500 g/mol. The predicted molar refractivity (Wildman–Crippen MR) is 145 cm³/mol. The lowest BCUT2D eigenvalue weighted by atomic mass is 10.1. The number of unbranched alkanes of at least 4 members (excludes halogenated alkanes) is 3. The van der Waals surface area contributed by atoms with E-state index in [9.17, 15) is 9.59 Å². The van der Waals surface area contributed by atoms with Crippen molar-refractivity contribution in [2.24, 2.45) is 0 Å². The molecule has 0 aliphatic carbocycles. The van der Waals surface area contributed by atoms with Gasteiger partial charge in [-0.25, -0.2) is 19.6 Å². The molecule has 0 fully saturated rings. The Morgan fingerprint density at radius 1 is 0.919 bits per heavy atom. The number of benzene rings is 2. The second kappa shape index (κ2) is 12.5. The summed E-state index contributed by atoms with van der Waals surface area (Å²) in [4.78, 5) is 32.3. The number of carbonyl (C=O) groups is 2. The lowest BCUT2D eigenvalue weighted by Gasteiger charge is -2.11. The SMILES string of the molecule is CCCCCCNC(=O)Nc1ccc(-c2nc3cccnc3n2-c2ccc(CCNC(=O)O)cc2)cc1. The maximum atomic E-state index is 12.2. The Balaban J connectivity index is 1.51. The summed E-state index contributed by atoms with van der Waals surface area (Å²) in [5.41, 5.74) is 5.03. The zero-order valence-corrected chi connectivity index (χ0v) is 20.9.